The van der Waals surface area contributed by atoms with Gasteiger partial charge in [0.2, 0.25) is 0 Å². The van der Waals surface area contributed by atoms with Gasteiger partial charge in [0.25, 0.3) is 11.5 Å². The second-order valence-corrected chi connectivity index (χ2v) is 7.39. The summed E-state index contributed by atoms with van der Waals surface area (Å²) in [6.45, 7) is 6.12. The number of carbonyl (C=O) groups is 1. The van der Waals surface area contributed by atoms with Crippen molar-refractivity contribution in [2.45, 2.75) is 39.8 Å². The maximum atomic E-state index is 13.5. The van der Waals surface area contributed by atoms with Gasteiger partial charge in [0.15, 0.2) is 5.65 Å². The Morgan fingerprint density at radius 3 is 2.53 bits per heavy atom. The van der Waals surface area contributed by atoms with Gasteiger partial charge < -0.3 is 10.0 Å². The molecule has 0 radical (unpaired) electrons. The molecule has 0 fully saturated rings. The molecule has 0 saturated heterocycles. The van der Waals surface area contributed by atoms with Crippen molar-refractivity contribution in [3.05, 3.63) is 74.1 Å². The minimum atomic E-state index is -0.644. The van der Waals surface area contributed by atoms with Crippen LogP contribution in [0.1, 0.15) is 48.3 Å². The average molecular weight is 410 g/mol. The number of nitrogens with one attached hydrogen (secondary N) is 1. The summed E-state index contributed by atoms with van der Waals surface area (Å²) in [6, 6.07) is 11.0. The zero-order valence-electron chi connectivity index (χ0n) is 17.4. The van der Waals surface area contributed by atoms with Gasteiger partial charge in [-0.3, -0.25) is 19.1 Å². The van der Waals surface area contributed by atoms with E-state index in [0.29, 0.717) is 12.2 Å². The first-order valence-corrected chi connectivity index (χ1v) is 9.99. The van der Waals surface area contributed by atoms with Crippen LogP contribution in [-0.4, -0.2) is 43.6 Å². The molecule has 2 heterocycles. The van der Waals surface area contributed by atoms with Crippen LogP contribution in [0.4, 0.5) is 0 Å². The number of H-pyrrole nitrogens is 1. The molecule has 0 bridgehead atoms. The summed E-state index contributed by atoms with van der Waals surface area (Å²) < 4.78 is 1.35. The Balaban J connectivity index is 2.22. The molecule has 0 aliphatic carbocycles. The molecule has 0 spiro atoms. The number of aryl methyl sites for hydroxylation is 1. The second-order valence-electron chi connectivity index (χ2n) is 7.39. The number of benzene rings is 1. The summed E-state index contributed by atoms with van der Waals surface area (Å²) in [5.74, 6) is -0.407. The van der Waals surface area contributed by atoms with Crippen LogP contribution in [0.5, 0.6) is 0 Å². The number of hydrogen-bond acceptors (Lipinski definition) is 5. The Morgan fingerprint density at radius 2 is 1.93 bits per heavy atom. The van der Waals surface area contributed by atoms with Crippen molar-refractivity contribution in [2.75, 3.05) is 13.2 Å². The highest BCUT2D eigenvalue weighted by molar-refractivity contribution is 6.05. The fourth-order valence-electron chi connectivity index (χ4n) is 3.40. The van der Waals surface area contributed by atoms with E-state index in [1.54, 1.807) is 13.0 Å². The van der Waals surface area contributed by atoms with Crippen LogP contribution in [0.2, 0.25) is 0 Å². The molecule has 1 amide bonds. The molecule has 158 valence electrons. The van der Waals surface area contributed by atoms with Gasteiger partial charge in [-0.25, -0.2) is 9.78 Å². The normalized spacial score (nSPS) is 11.2. The van der Waals surface area contributed by atoms with E-state index >= 15 is 0 Å². The van der Waals surface area contributed by atoms with Gasteiger partial charge in [-0.2, -0.15) is 0 Å². The van der Waals surface area contributed by atoms with E-state index in [4.69, 9.17) is 0 Å². The monoisotopic (exact) mass is 410 g/mol. The van der Waals surface area contributed by atoms with Gasteiger partial charge >= 0.3 is 5.69 Å². The number of amides is 1. The molecule has 8 nitrogen and oxygen atoms in total. The molecule has 3 aromatic rings. The molecule has 0 unspecified atom stereocenters. The largest absolute Gasteiger partial charge is 0.395 e. The van der Waals surface area contributed by atoms with Crippen molar-refractivity contribution >= 4 is 16.9 Å². The van der Waals surface area contributed by atoms with E-state index in [1.165, 1.54) is 9.47 Å². The van der Waals surface area contributed by atoms with Gasteiger partial charge in [0, 0.05) is 25.3 Å². The standard InChI is InChI=1S/C22H26N4O4/c1-4-26-19-18(20(28)24-22(26)30)16(12-17(23-19)14(2)3)21(29)25(10-11-27)13-15-8-6-5-7-9-15/h5-9,12,14,27H,4,10-11,13H2,1-3H3,(H,24,28,30). The lowest BCUT2D eigenvalue weighted by Gasteiger charge is -2.23. The predicted molar refractivity (Wildman–Crippen MR) is 115 cm³/mol. The highest BCUT2D eigenvalue weighted by Crippen LogP contribution is 2.22. The Hall–Kier alpha value is -3.26. The molecule has 1 aromatic carbocycles. The highest BCUT2D eigenvalue weighted by atomic mass is 16.3. The summed E-state index contributed by atoms with van der Waals surface area (Å²) in [7, 11) is 0. The lowest BCUT2D eigenvalue weighted by molar-refractivity contribution is 0.0709. The summed E-state index contributed by atoms with van der Waals surface area (Å²) in [4.78, 5) is 46.8. The SMILES string of the molecule is CCn1c(=O)[nH]c(=O)c2c(C(=O)N(CCO)Cc3ccccc3)cc(C(C)C)nc21. The van der Waals surface area contributed by atoms with Gasteiger partial charge in [-0.15, -0.1) is 0 Å². The van der Waals surface area contributed by atoms with Crippen molar-refractivity contribution in [1.29, 1.82) is 0 Å². The number of aliphatic hydroxyl groups excluding tert-OH is 1. The zero-order chi connectivity index (χ0) is 21.8. The molecule has 0 atom stereocenters. The quantitative estimate of drug-likeness (QED) is 0.618. The van der Waals surface area contributed by atoms with Crippen LogP contribution in [0.25, 0.3) is 11.0 Å². The molecule has 0 aliphatic heterocycles. The summed E-state index contributed by atoms with van der Waals surface area (Å²) >= 11 is 0. The van der Waals surface area contributed by atoms with E-state index in [1.807, 2.05) is 44.2 Å². The Morgan fingerprint density at radius 1 is 1.23 bits per heavy atom. The number of aromatic amines is 1. The zero-order valence-corrected chi connectivity index (χ0v) is 17.4. The minimum Gasteiger partial charge on any atom is -0.395 e. The molecule has 2 aromatic heterocycles. The lowest BCUT2D eigenvalue weighted by atomic mass is 10.0. The van der Waals surface area contributed by atoms with E-state index in [-0.39, 0.29) is 42.2 Å². The number of pyridine rings is 1. The smallest absolute Gasteiger partial charge is 0.329 e. The molecule has 0 saturated carbocycles. The van der Waals surface area contributed by atoms with E-state index in [0.717, 1.165) is 5.56 Å². The maximum absolute atomic E-state index is 13.5. The van der Waals surface area contributed by atoms with Crippen molar-refractivity contribution < 1.29 is 9.90 Å². The number of aliphatic hydroxyl groups is 1. The van der Waals surface area contributed by atoms with Crippen molar-refractivity contribution in [3.8, 4) is 0 Å². The summed E-state index contributed by atoms with van der Waals surface area (Å²) in [5, 5.41) is 9.61. The van der Waals surface area contributed by atoms with Crippen LogP contribution < -0.4 is 11.2 Å². The van der Waals surface area contributed by atoms with E-state index in [9.17, 15) is 19.5 Å². The van der Waals surface area contributed by atoms with E-state index < -0.39 is 17.2 Å². The fourth-order valence-corrected chi connectivity index (χ4v) is 3.40. The first-order valence-electron chi connectivity index (χ1n) is 9.99. The molecule has 3 rings (SSSR count). The average Bonchev–Trinajstić information content (AvgIpc) is 2.73. The predicted octanol–water partition coefficient (Wildman–Crippen LogP) is 1.86. The number of carbonyl (C=O) groups excluding carboxylic acids is 1. The number of fused-ring (bicyclic) bond motifs is 1. The number of hydrogen-bond donors (Lipinski definition) is 2. The van der Waals surface area contributed by atoms with Crippen LogP contribution in [0, 0.1) is 0 Å². The van der Waals surface area contributed by atoms with Gasteiger partial charge in [-0.1, -0.05) is 44.2 Å². The molecule has 2 N–H and O–H groups in total. The molecular formula is C22H26N4O4. The number of nitrogens with zero attached hydrogens (tertiary/aromatic N) is 3. The molecular weight excluding hydrogens is 384 g/mol. The molecule has 8 heteroatoms. The minimum absolute atomic E-state index is 0.0129. The van der Waals surface area contributed by atoms with Crippen molar-refractivity contribution in [1.82, 2.24) is 19.4 Å². The number of rotatable bonds is 7. The van der Waals surface area contributed by atoms with Gasteiger partial charge in [-0.05, 0) is 24.5 Å². The second kappa shape index (κ2) is 9.04. The Bertz CT molecular complexity index is 1170. The van der Waals surface area contributed by atoms with E-state index in [2.05, 4.69) is 9.97 Å². The van der Waals surface area contributed by atoms with Crippen molar-refractivity contribution in [3.63, 3.8) is 0 Å². The topological polar surface area (TPSA) is 108 Å². The van der Waals surface area contributed by atoms with Gasteiger partial charge in [0.05, 0.1) is 17.6 Å². The van der Waals surface area contributed by atoms with Crippen LogP contribution in [0.3, 0.4) is 0 Å². The third-order valence-electron chi connectivity index (χ3n) is 4.98. The lowest BCUT2D eigenvalue weighted by Crippen LogP contribution is -2.36. The first-order chi connectivity index (χ1) is 14.4. The van der Waals surface area contributed by atoms with Crippen molar-refractivity contribution in [2.24, 2.45) is 0 Å². The fraction of sp³-hybridized carbons (Fsp3) is 0.364. The van der Waals surface area contributed by atoms with Crippen LogP contribution >= 0.6 is 0 Å². The molecule has 30 heavy (non-hydrogen) atoms. The highest BCUT2D eigenvalue weighted by Gasteiger charge is 2.24. The third kappa shape index (κ3) is 4.18. The Kier molecular flexibility index (Phi) is 6.47. The van der Waals surface area contributed by atoms with Gasteiger partial charge in [0.1, 0.15) is 0 Å². The third-order valence-corrected chi connectivity index (χ3v) is 4.98. The Labute approximate surface area is 173 Å². The maximum Gasteiger partial charge on any atom is 0.329 e. The van der Waals surface area contributed by atoms with Crippen LogP contribution in [0.15, 0.2) is 46.0 Å². The summed E-state index contributed by atoms with van der Waals surface area (Å²) in [6.07, 6.45) is 0. The van der Waals surface area contributed by atoms with Crippen LogP contribution in [-0.2, 0) is 13.1 Å². The first kappa shape index (κ1) is 21.4. The number of aromatic nitrogens is 3. The molecule has 0 aliphatic rings. The summed E-state index contributed by atoms with van der Waals surface area (Å²) in [5.41, 5.74) is 0.691.